The molecule has 4 nitrogen and oxygen atoms in total. The van der Waals surface area contributed by atoms with Crippen molar-refractivity contribution in [3.8, 4) is 0 Å². The van der Waals surface area contributed by atoms with Gasteiger partial charge in [0.15, 0.2) is 0 Å². The molecule has 5 heteroatoms. The van der Waals surface area contributed by atoms with Crippen molar-refractivity contribution in [2.45, 2.75) is 39.5 Å². The lowest BCUT2D eigenvalue weighted by Crippen LogP contribution is -2.30. The van der Waals surface area contributed by atoms with E-state index in [2.05, 4.69) is 36.6 Å². The topological polar surface area (TPSA) is 58.2 Å². The van der Waals surface area contributed by atoms with E-state index in [0.717, 1.165) is 23.4 Å². The van der Waals surface area contributed by atoms with Crippen LogP contribution in [-0.4, -0.2) is 18.4 Å². The molecule has 1 aromatic heterocycles. The van der Waals surface area contributed by atoms with Gasteiger partial charge in [0.2, 0.25) is 5.91 Å². The molecule has 1 aliphatic carbocycles. The number of carbonyl (C=O) groups excluding carboxylic acids is 2. The van der Waals surface area contributed by atoms with Gasteiger partial charge in [-0.2, -0.15) is 0 Å². The summed E-state index contributed by atoms with van der Waals surface area (Å²) in [5.74, 6) is 0.862. The van der Waals surface area contributed by atoms with Crippen molar-refractivity contribution in [1.82, 2.24) is 5.32 Å². The maximum atomic E-state index is 12.7. The van der Waals surface area contributed by atoms with Gasteiger partial charge in [0, 0.05) is 18.4 Å². The number of anilines is 1. The molecular weight excluding hydrogens is 344 g/mol. The number of hydrogen-bond donors (Lipinski definition) is 2. The van der Waals surface area contributed by atoms with Gasteiger partial charge in [0.05, 0.1) is 9.88 Å². The van der Waals surface area contributed by atoms with Gasteiger partial charge in [0.1, 0.15) is 0 Å². The summed E-state index contributed by atoms with van der Waals surface area (Å²) < 4.78 is 0. The van der Waals surface area contributed by atoms with E-state index < -0.39 is 0 Å². The van der Waals surface area contributed by atoms with Gasteiger partial charge in [-0.3, -0.25) is 9.59 Å². The Morgan fingerprint density at radius 2 is 1.88 bits per heavy atom. The second-order valence-corrected chi connectivity index (χ2v) is 8.41. The fourth-order valence-electron chi connectivity index (χ4n) is 3.06. The van der Waals surface area contributed by atoms with Crippen LogP contribution in [0.3, 0.4) is 0 Å². The standard InChI is InChI=1S/C21H26N2O2S/c1-13(2)17(15-7-5-4-6-8-15)12-22-21(25)19-14(3)11-18(26-19)23-20(24)16-9-10-16/h4-8,11,13,16-17H,9-10,12H2,1-3H3,(H,22,25)(H,23,24). The fraction of sp³-hybridized carbons (Fsp3) is 0.429. The molecule has 0 spiro atoms. The predicted octanol–water partition coefficient (Wildman–Crippen LogP) is 4.57. The third-order valence-electron chi connectivity index (χ3n) is 4.83. The first-order valence-corrected chi connectivity index (χ1v) is 10.0. The van der Waals surface area contributed by atoms with E-state index in [4.69, 9.17) is 0 Å². The molecule has 1 aliphatic rings. The average molecular weight is 371 g/mol. The lowest BCUT2D eigenvalue weighted by atomic mass is 9.88. The third kappa shape index (κ3) is 4.52. The van der Waals surface area contributed by atoms with Crippen molar-refractivity contribution in [2.75, 3.05) is 11.9 Å². The Morgan fingerprint density at radius 3 is 2.50 bits per heavy atom. The van der Waals surface area contributed by atoms with Crippen LogP contribution in [0.1, 0.15) is 53.4 Å². The zero-order valence-electron chi connectivity index (χ0n) is 15.5. The number of amides is 2. The summed E-state index contributed by atoms with van der Waals surface area (Å²) in [4.78, 5) is 25.2. The average Bonchev–Trinajstić information content (AvgIpc) is 3.39. The molecule has 2 N–H and O–H groups in total. The van der Waals surface area contributed by atoms with Crippen molar-refractivity contribution in [1.29, 1.82) is 0 Å². The Bertz CT molecular complexity index is 779. The molecule has 1 aromatic carbocycles. The normalized spacial score (nSPS) is 14.9. The Hall–Kier alpha value is -2.14. The van der Waals surface area contributed by atoms with Crippen LogP contribution >= 0.6 is 11.3 Å². The van der Waals surface area contributed by atoms with Gasteiger partial charge in [-0.05, 0) is 42.9 Å². The highest BCUT2D eigenvalue weighted by Gasteiger charge is 2.30. The quantitative estimate of drug-likeness (QED) is 0.750. The van der Waals surface area contributed by atoms with E-state index in [-0.39, 0.29) is 23.7 Å². The lowest BCUT2D eigenvalue weighted by molar-refractivity contribution is -0.117. The summed E-state index contributed by atoms with van der Waals surface area (Å²) in [6.07, 6.45) is 1.94. The van der Waals surface area contributed by atoms with Gasteiger partial charge in [0.25, 0.3) is 5.91 Å². The van der Waals surface area contributed by atoms with Gasteiger partial charge >= 0.3 is 0 Å². The molecule has 2 aromatic rings. The third-order valence-corrected chi connectivity index (χ3v) is 5.98. The molecule has 1 unspecified atom stereocenters. The Morgan fingerprint density at radius 1 is 1.19 bits per heavy atom. The monoisotopic (exact) mass is 370 g/mol. The molecule has 1 heterocycles. The highest BCUT2D eigenvalue weighted by molar-refractivity contribution is 7.18. The molecular formula is C21H26N2O2S. The van der Waals surface area contributed by atoms with Crippen LogP contribution in [0.2, 0.25) is 0 Å². The highest BCUT2D eigenvalue weighted by Crippen LogP contribution is 2.33. The number of benzene rings is 1. The molecule has 2 amide bonds. The SMILES string of the molecule is Cc1cc(NC(=O)C2CC2)sc1C(=O)NCC(c1ccccc1)C(C)C. The van der Waals surface area contributed by atoms with E-state index in [1.807, 2.05) is 31.2 Å². The van der Waals surface area contributed by atoms with Gasteiger partial charge in [-0.25, -0.2) is 0 Å². The van der Waals surface area contributed by atoms with Gasteiger partial charge in [-0.15, -0.1) is 11.3 Å². The maximum absolute atomic E-state index is 12.7. The van der Waals surface area contributed by atoms with Crippen LogP contribution in [0.4, 0.5) is 5.00 Å². The largest absolute Gasteiger partial charge is 0.351 e. The molecule has 0 saturated heterocycles. The molecule has 1 saturated carbocycles. The number of thiophene rings is 1. The van der Waals surface area contributed by atoms with Crippen molar-refractivity contribution >= 4 is 28.2 Å². The molecule has 1 fully saturated rings. The number of carbonyl (C=O) groups is 2. The zero-order chi connectivity index (χ0) is 18.7. The summed E-state index contributed by atoms with van der Waals surface area (Å²) in [6.45, 7) is 6.86. The summed E-state index contributed by atoms with van der Waals surface area (Å²) in [7, 11) is 0. The highest BCUT2D eigenvalue weighted by atomic mass is 32.1. The Kier molecular flexibility index (Phi) is 5.77. The first kappa shape index (κ1) is 18.6. The molecule has 0 aliphatic heterocycles. The number of aryl methyl sites for hydroxylation is 1. The van der Waals surface area contributed by atoms with E-state index in [9.17, 15) is 9.59 Å². The Balaban J connectivity index is 1.63. The molecule has 0 bridgehead atoms. The van der Waals surface area contributed by atoms with E-state index >= 15 is 0 Å². The number of nitrogens with one attached hydrogen (secondary N) is 2. The van der Waals surface area contributed by atoms with E-state index in [1.54, 1.807) is 0 Å². The van der Waals surface area contributed by atoms with Crippen LogP contribution in [0.25, 0.3) is 0 Å². The van der Waals surface area contributed by atoms with Crippen molar-refractivity contribution in [2.24, 2.45) is 11.8 Å². The predicted molar refractivity (Wildman–Crippen MR) is 107 cm³/mol. The van der Waals surface area contributed by atoms with E-state index in [1.165, 1.54) is 16.9 Å². The minimum Gasteiger partial charge on any atom is -0.351 e. The summed E-state index contributed by atoms with van der Waals surface area (Å²) in [5.41, 5.74) is 2.14. The van der Waals surface area contributed by atoms with Crippen LogP contribution in [0.15, 0.2) is 36.4 Å². The van der Waals surface area contributed by atoms with Crippen LogP contribution in [0, 0.1) is 18.8 Å². The second-order valence-electron chi connectivity index (χ2n) is 7.36. The maximum Gasteiger partial charge on any atom is 0.261 e. The fourth-order valence-corrected chi connectivity index (χ4v) is 4.05. The van der Waals surface area contributed by atoms with Crippen LogP contribution in [0.5, 0.6) is 0 Å². The molecule has 138 valence electrons. The molecule has 1 atom stereocenters. The minimum absolute atomic E-state index is 0.0685. The number of hydrogen-bond acceptors (Lipinski definition) is 3. The molecule has 3 rings (SSSR count). The van der Waals surface area contributed by atoms with Gasteiger partial charge < -0.3 is 10.6 Å². The van der Waals surface area contributed by atoms with E-state index in [0.29, 0.717) is 17.3 Å². The number of rotatable bonds is 7. The Labute approximate surface area is 159 Å². The van der Waals surface area contributed by atoms with Crippen LogP contribution in [-0.2, 0) is 4.79 Å². The second kappa shape index (κ2) is 8.04. The first-order chi connectivity index (χ1) is 12.5. The first-order valence-electron chi connectivity index (χ1n) is 9.20. The molecule has 26 heavy (non-hydrogen) atoms. The van der Waals surface area contributed by atoms with Gasteiger partial charge in [-0.1, -0.05) is 44.2 Å². The van der Waals surface area contributed by atoms with Crippen molar-refractivity contribution in [3.05, 3.63) is 52.4 Å². The smallest absolute Gasteiger partial charge is 0.261 e. The summed E-state index contributed by atoms with van der Waals surface area (Å²) in [5, 5.41) is 6.77. The minimum atomic E-state index is -0.0685. The molecule has 0 radical (unpaired) electrons. The van der Waals surface area contributed by atoms with Crippen molar-refractivity contribution < 1.29 is 9.59 Å². The lowest BCUT2D eigenvalue weighted by Gasteiger charge is -2.21. The summed E-state index contributed by atoms with van der Waals surface area (Å²) >= 11 is 1.35. The summed E-state index contributed by atoms with van der Waals surface area (Å²) in [6, 6.07) is 12.2. The zero-order valence-corrected chi connectivity index (χ0v) is 16.4. The van der Waals surface area contributed by atoms with Crippen molar-refractivity contribution in [3.63, 3.8) is 0 Å². The van der Waals surface area contributed by atoms with Crippen LogP contribution < -0.4 is 10.6 Å².